The topological polar surface area (TPSA) is 76.0 Å². The molecule has 0 fully saturated rings. The van der Waals surface area contributed by atoms with Crippen LogP contribution in [0.15, 0.2) is 42.7 Å². The Morgan fingerprint density at radius 2 is 2.00 bits per heavy atom. The monoisotopic (exact) mass is 322 g/mol. The molecular weight excluding hydrogens is 300 g/mol. The molecule has 2 rings (SSSR count). The Hall–Kier alpha value is -1.86. The van der Waals surface area contributed by atoms with Gasteiger partial charge in [-0.05, 0) is 43.7 Å². The van der Waals surface area contributed by atoms with Crippen molar-refractivity contribution < 1.29 is 8.42 Å². The van der Waals surface area contributed by atoms with Crippen molar-refractivity contribution in [2.24, 2.45) is 0 Å². The van der Waals surface area contributed by atoms with E-state index in [-0.39, 0.29) is 6.04 Å². The van der Waals surface area contributed by atoms with E-state index in [4.69, 9.17) is 0 Å². The third kappa shape index (κ3) is 5.50. The number of nitrogens with one attached hydrogen (secondary N) is 2. The molecule has 0 aliphatic heterocycles. The Morgan fingerprint density at radius 1 is 1.27 bits per heavy atom. The van der Waals surface area contributed by atoms with Gasteiger partial charge in [0, 0.05) is 30.7 Å². The highest BCUT2D eigenvalue weighted by atomic mass is 32.2. The predicted molar refractivity (Wildman–Crippen MR) is 88.2 cm³/mol. The fourth-order valence-corrected chi connectivity index (χ4v) is 2.73. The Bertz CT molecular complexity index is 666. The molecule has 1 heterocycles. The van der Waals surface area contributed by atoms with Gasteiger partial charge < -0.3 is 5.32 Å². The molecule has 0 radical (unpaired) electrons. The van der Waals surface area contributed by atoms with Crippen molar-refractivity contribution in [1.82, 2.24) is 15.1 Å². The van der Waals surface area contributed by atoms with E-state index < -0.39 is 10.0 Å². The van der Waals surface area contributed by atoms with Crippen molar-refractivity contribution >= 4 is 15.7 Å². The van der Waals surface area contributed by atoms with Crippen molar-refractivity contribution in [2.75, 3.05) is 17.5 Å². The fraction of sp³-hybridized carbons (Fsp3) is 0.400. The second-order valence-corrected chi connectivity index (χ2v) is 7.04. The Morgan fingerprint density at radius 3 is 2.59 bits per heavy atom. The standard InChI is InChI=1S/C15H22N4O2S/c1-13(16-9-3-11-19-12-4-10-17-19)14-5-7-15(8-6-14)18-22(2,20)21/h4-8,10,12-13,16,18H,3,9,11H2,1-2H3/t13-/m0/s1. The molecule has 120 valence electrons. The third-order valence-corrected chi connectivity index (χ3v) is 3.89. The van der Waals surface area contributed by atoms with E-state index in [0.717, 1.165) is 31.3 Å². The normalized spacial score (nSPS) is 13.0. The average Bonchev–Trinajstić information content (AvgIpc) is 2.95. The minimum atomic E-state index is -3.22. The second kappa shape index (κ2) is 7.42. The van der Waals surface area contributed by atoms with Crippen molar-refractivity contribution in [3.63, 3.8) is 0 Å². The first-order chi connectivity index (χ1) is 10.4. The van der Waals surface area contributed by atoms with Crippen LogP contribution in [0.1, 0.15) is 24.9 Å². The molecule has 1 atom stereocenters. The minimum absolute atomic E-state index is 0.213. The summed E-state index contributed by atoms with van der Waals surface area (Å²) in [7, 11) is -3.22. The highest BCUT2D eigenvalue weighted by Crippen LogP contribution is 2.16. The third-order valence-electron chi connectivity index (χ3n) is 3.29. The van der Waals surface area contributed by atoms with E-state index in [1.54, 1.807) is 18.3 Å². The fourth-order valence-electron chi connectivity index (χ4n) is 2.16. The lowest BCUT2D eigenvalue weighted by molar-refractivity contribution is 0.507. The second-order valence-electron chi connectivity index (χ2n) is 5.29. The molecule has 1 aromatic heterocycles. The lowest BCUT2D eigenvalue weighted by Crippen LogP contribution is -2.21. The molecule has 6 nitrogen and oxygen atoms in total. The van der Waals surface area contributed by atoms with Crippen LogP contribution in [0.4, 0.5) is 5.69 Å². The van der Waals surface area contributed by atoms with Crippen molar-refractivity contribution in [3.05, 3.63) is 48.3 Å². The highest BCUT2D eigenvalue weighted by Gasteiger charge is 2.06. The molecule has 7 heteroatoms. The lowest BCUT2D eigenvalue weighted by atomic mass is 10.1. The van der Waals surface area contributed by atoms with Gasteiger partial charge >= 0.3 is 0 Å². The van der Waals surface area contributed by atoms with Gasteiger partial charge in [0.2, 0.25) is 10.0 Å². The van der Waals surface area contributed by atoms with Crippen molar-refractivity contribution in [2.45, 2.75) is 25.9 Å². The van der Waals surface area contributed by atoms with E-state index in [1.807, 2.05) is 29.1 Å². The molecule has 0 amide bonds. The van der Waals surface area contributed by atoms with Gasteiger partial charge in [-0.15, -0.1) is 0 Å². The zero-order valence-electron chi connectivity index (χ0n) is 12.9. The lowest BCUT2D eigenvalue weighted by Gasteiger charge is -2.15. The zero-order valence-corrected chi connectivity index (χ0v) is 13.7. The smallest absolute Gasteiger partial charge is 0.229 e. The summed E-state index contributed by atoms with van der Waals surface area (Å²) in [5.41, 5.74) is 1.70. The molecule has 1 aromatic carbocycles. The maximum Gasteiger partial charge on any atom is 0.229 e. The molecule has 0 unspecified atom stereocenters. The first kappa shape index (κ1) is 16.5. The maximum absolute atomic E-state index is 11.2. The minimum Gasteiger partial charge on any atom is -0.310 e. The molecular formula is C15H22N4O2S. The van der Waals surface area contributed by atoms with Gasteiger partial charge in [0.1, 0.15) is 0 Å². The van der Waals surface area contributed by atoms with Crippen LogP contribution >= 0.6 is 0 Å². The maximum atomic E-state index is 11.2. The number of nitrogens with zero attached hydrogens (tertiary/aromatic N) is 2. The van der Waals surface area contributed by atoms with Crippen molar-refractivity contribution in [3.8, 4) is 0 Å². The predicted octanol–water partition coefficient (Wildman–Crippen LogP) is 2.00. The molecule has 22 heavy (non-hydrogen) atoms. The largest absolute Gasteiger partial charge is 0.310 e. The van der Waals surface area contributed by atoms with E-state index in [1.165, 1.54) is 0 Å². The van der Waals surface area contributed by atoms with Gasteiger partial charge in [-0.25, -0.2) is 8.42 Å². The van der Waals surface area contributed by atoms with Gasteiger partial charge in [-0.1, -0.05) is 12.1 Å². The van der Waals surface area contributed by atoms with Crippen molar-refractivity contribution in [1.29, 1.82) is 0 Å². The molecule has 0 aliphatic carbocycles. The van der Waals surface area contributed by atoms with Gasteiger partial charge in [0.25, 0.3) is 0 Å². The molecule has 0 spiro atoms. The summed E-state index contributed by atoms with van der Waals surface area (Å²) in [6, 6.07) is 9.54. The van der Waals surface area contributed by atoms with Crippen LogP contribution in [0.5, 0.6) is 0 Å². The Labute approximate surface area is 131 Å². The van der Waals surface area contributed by atoms with Crippen LogP contribution < -0.4 is 10.0 Å². The van der Waals surface area contributed by atoms with Gasteiger partial charge in [0.15, 0.2) is 0 Å². The summed E-state index contributed by atoms with van der Waals surface area (Å²) < 4.78 is 26.7. The van der Waals surface area contributed by atoms with Crippen LogP contribution in [0, 0.1) is 0 Å². The molecule has 0 saturated carbocycles. The summed E-state index contributed by atoms with van der Waals surface area (Å²) in [6.07, 6.45) is 5.88. The number of rotatable bonds is 8. The van der Waals surface area contributed by atoms with E-state index in [0.29, 0.717) is 5.69 Å². The first-order valence-electron chi connectivity index (χ1n) is 7.22. The SMILES string of the molecule is C[C@H](NCCCn1cccn1)c1ccc(NS(C)(=O)=O)cc1. The quantitative estimate of drug-likeness (QED) is 0.729. The van der Waals surface area contributed by atoms with Crippen LogP contribution in [0.2, 0.25) is 0 Å². The summed E-state index contributed by atoms with van der Waals surface area (Å²) in [6.45, 7) is 3.88. The Kier molecular flexibility index (Phi) is 5.57. The molecule has 2 N–H and O–H groups in total. The van der Waals surface area contributed by atoms with Gasteiger partial charge in [-0.3, -0.25) is 9.40 Å². The summed E-state index contributed by atoms with van der Waals surface area (Å²) >= 11 is 0. The summed E-state index contributed by atoms with van der Waals surface area (Å²) in [5.74, 6) is 0. The summed E-state index contributed by atoms with van der Waals surface area (Å²) in [5, 5.41) is 7.61. The van der Waals surface area contributed by atoms with Gasteiger partial charge in [-0.2, -0.15) is 5.10 Å². The number of hydrogen-bond donors (Lipinski definition) is 2. The highest BCUT2D eigenvalue weighted by molar-refractivity contribution is 7.92. The number of hydrogen-bond acceptors (Lipinski definition) is 4. The number of aromatic nitrogens is 2. The number of anilines is 1. The van der Waals surface area contributed by atoms with E-state index in [2.05, 4.69) is 22.1 Å². The van der Waals surface area contributed by atoms with Crippen LogP contribution in [0.3, 0.4) is 0 Å². The number of sulfonamides is 1. The number of benzene rings is 1. The molecule has 0 bridgehead atoms. The molecule has 0 saturated heterocycles. The van der Waals surface area contributed by atoms with Crippen LogP contribution in [0.25, 0.3) is 0 Å². The molecule has 2 aromatic rings. The van der Waals surface area contributed by atoms with E-state index in [9.17, 15) is 8.42 Å². The average molecular weight is 322 g/mol. The van der Waals surface area contributed by atoms with Gasteiger partial charge in [0.05, 0.1) is 6.26 Å². The zero-order chi connectivity index (χ0) is 16.0. The van der Waals surface area contributed by atoms with E-state index >= 15 is 0 Å². The van der Waals surface area contributed by atoms with Crippen LogP contribution in [-0.4, -0.2) is 31.0 Å². The molecule has 0 aliphatic rings. The number of aryl methyl sites for hydroxylation is 1. The van der Waals surface area contributed by atoms with Crippen LogP contribution in [-0.2, 0) is 16.6 Å². The Balaban J connectivity index is 1.78. The first-order valence-corrected chi connectivity index (χ1v) is 9.12. The summed E-state index contributed by atoms with van der Waals surface area (Å²) in [4.78, 5) is 0.